The molecule has 0 bridgehead atoms. The third kappa shape index (κ3) is 4.02. The molecule has 0 radical (unpaired) electrons. The molecule has 0 spiro atoms. The van der Waals surface area contributed by atoms with Crippen LogP contribution in [-0.4, -0.2) is 27.6 Å². The minimum atomic E-state index is -1.13. The van der Waals surface area contributed by atoms with E-state index in [0.717, 1.165) is 51.4 Å². The highest BCUT2D eigenvalue weighted by atomic mass is 32.2. The van der Waals surface area contributed by atoms with Crippen LogP contribution in [0.3, 0.4) is 0 Å². The molecular weight excluding hydrogens is 236 g/mol. The molecule has 0 aromatic carbocycles. The molecule has 0 aromatic rings. The zero-order chi connectivity index (χ0) is 12.3. The maximum atomic E-state index is 12.1. The van der Waals surface area contributed by atoms with Crippen LogP contribution in [0.2, 0.25) is 0 Å². The highest BCUT2D eigenvalue weighted by Gasteiger charge is 2.28. The van der Waals surface area contributed by atoms with Gasteiger partial charge in [0.25, 0.3) is 0 Å². The maximum absolute atomic E-state index is 12.1. The first kappa shape index (κ1) is 13.5. The summed E-state index contributed by atoms with van der Waals surface area (Å²) in [5.41, 5.74) is 11.7. The van der Waals surface area contributed by atoms with E-state index in [9.17, 15) is 4.21 Å². The molecule has 0 aliphatic heterocycles. The van der Waals surface area contributed by atoms with Crippen LogP contribution in [-0.2, 0) is 15.3 Å². The fourth-order valence-electron chi connectivity index (χ4n) is 2.68. The van der Waals surface area contributed by atoms with Crippen LogP contribution in [0.15, 0.2) is 0 Å². The van der Waals surface area contributed by atoms with Crippen molar-refractivity contribution in [2.75, 3.05) is 0 Å². The Balaban J connectivity index is 1.73. The normalized spacial score (nSPS) is 41.1. The molecule has 0 amide bonds. The standard InChI is InChI=1S/C12H24N2O2S/c13-9-1-5-11(6-2-9)16-17(15)12-7-3-10(14)4-8-12/h9-12H,1-8,13-14H2. The predicted molar refractivity (Wildman–Crippen MR) is 69.7 cm³/mol. The molecule has 0 saturated heterocycles. The van der Waals surface area contributed by atoms with Gasteiger partial charge in [-0.15, -0.1) is 0 Å². The summed E-state index contributed by atoms with van der Waals surface area (Å²) in [5.74, 6) is 0. The van der Waals surface area contributed by atoms with E-state index in [0.29, 0.717) is 12.1 Å². The Hall–Kier alpha value is 0.0300. The lowest BCUT2D eigenvalue weighted by atomic mass is 9.94. The topological polar surface area (TPSA) is 78.3 Å². The minimum Gasteiger partial charge on any atom is -0.328 e. The average molecular weight is 260 g/mol. The Morgan fingerprint density at radius 2 is 1.29 bits per heavy atom. The van der Waals surface area contributed by atoms with Gasteiger partial charge in [-0.25, -0.2) is 4.21 Å². The van der Waals surface area contributed by atoms with Gasteiger partial charge in [0.1, 0.15) is 0 Å². The van der Waals surface area contributed by atoms with E-state index in [1.54, 1.807) is 0 Å². The van der Waals surface area contributed by atoms with Gasteiger partial charge in [0.15, 0.2) is 11.1 Å². The van der Waals surface area contributed by atoms with E-state index in [1.807, 2.05) is 0 Å². The molecule has 4 nitrogen and oxygen atoms in total. The number of rotatable bonds is 3. The van der Waals surface area contributed by atoms with Gasteiger partial charge in [-0.05, 0) is 51.4 Å². The number of hydrogen-bond donors (Lipinski definition) is 2. The van der Waals surface area contributed by atoms with E-state index in [-0.39, 0.29) is 11.4 Å². The van der Waals surface area contributed by atoms with Gasteiger partial charge < -0.3 is 11.5 Å². The molecule has 0 aromatic heterocycles. The summed E-state index contributed by atoms with van der Waals surface area (Å²) in [5, 5.41) is 0.199. The molecule has 2 fully saturated rings. The van der Waals surface area contributed by atoms with Gasteiger partial charge in [0.05, 0.1) is 11.4 Å². The van der Waals surface area contributed by atoms with Crippen molar-refractivity contribution < 1.29 is 8.39 Å². The second-order valence-electron chi connectivity index (χ2n) is 5.43. The number of nitrogens with two attached hydrogens (primary N) is 2. The first-order valence-electron chi connectivity index (χ1n) is 6.74. The third-order valence-corrected chi connectivity index (χ3v) is 5.42. The van der Waals surface area contributed by atoms with Crippen molar-refractivity contribution in [1.29, 1.82) is 0 Å². The summed E-state index contributed by atoms with van der Waals surface area (Å²) in [4.78, 5) is 0. The van der Waals surface area contributed by atoms with E-state index in [2.05, 4.69) is 0 Å². The van der Waals surface area contributed by atoms with Crippen LogP contribution < -0.4 is 11.5 Å². The average Bonchev–Trinajstić information content (AvgIpc) is 2.33. The molecule has 1 unspecified atom stereocenters. The van der Waals surface area contributed by atoms with Crippen LogP contribution in [0.25, 0.3) is 0 Å². The van der Waals surface area contributed by atoms with Crippen molar-refractivity contribution in [3.05, 3.63) is 0 Å². The molecule has 4 N–H and O–H groups in total. The lowest BCUT2D eigenvalue weighted by Gasteiger charge is -2.29. The Morgan fingerprint density at radius 1 is 0.824 bits per heavy atom. The molecule has 100 valence electrons. The summed E-state index contributed by atoms with van der Waals surface area (Å²) in [7, 11) is 0. The first-order valence-corrected chi connectivity index (χ1v) is 7.88. The van der Waals surface area contributed by atoms with Crippen LogP contribution in [0.5, 0.6) is 0 Å². The molecule has 1 atom stereocenters. The second kappa shape index (κ2) is 6.27. The van der Waals surface area contributed by atoms with Gasteiger partial charge in [0.2, 0.25) is 0 Å². The molecule has 2 saturated carbocycles. The first-order chi connectivity index (χ1) is 8.15. The van der Waals surface area contributed by atoms with E-state index in [4.69, 9.17) is 15.7 Å². The summed E-state index contributed by atoms with van der Waals surface area (Å²) in [6, 6.07) is 0.617. The Bertz CT molecular complexity index is 259. The summed E-state index contributed by atoms with van der Waals surface area (Å²) in [6.45, 7) is 0. The quantitative estimate of drug-likeness (QED) is 0.799. The highest BCUT2D eigenvalue weighted by molar-refractivity contribution is 7.80. The van der Waals surface area contributed by atoms with Crippen LogP contribution in [0.1, 0.15) is 51.4 Å². The minimum absolute atomic E-state index is 0.159. The van der Waals surface area contributed by atoms with E-state index >= 15 is 0 Å². The Kier molecular flexibility index (Phi) is 4.97. The lowest BCUT2D eigenvalue weighted by Crippen LogP contribution is -2.35. The molecular formula is C12H24N2O2S. The van der Waals surface area contributed by atoms with Gasteiger partial charge in [-0.1, -0.05) is 0 Å². The molecule has 2 aliphatic rings. The fraction of sp³-hybridized carbons (Fsp3) is 1.00. The molecule has 17 heavy (non-hydrogen) atoms. The van der Waals surface area contributed by atoms with Crippen LogP contribution in [0.4, 0.5) is 0 Å². The van der Waals surface area contributed by atoms with Gasteiger partial charge >= 0.3 is 0 Å². The van der Waals surface area contributed by atoms with Crippen molar-refractivity contribution >= 4 is 11.1 Å². The molecule has 2 aliphatic carbocycles. The monoisotopic (exact) mass is 260 g/mol. The zero-order valence-electron chi connectivity index (χ0n) is 10.3. The zero-order valence-corrected chi connectivity index (χ0v) is 11.2. The largest absolute Gasteiger partial charge is 0.328 e. The predicted octanol–water partition coefficient (Wildman–Crippen LogP) is 1.21. The van der Waals surface area contributed by atoms with Crippen molar-refractivity contribution in [3.63, 3.8) is 0 Å². The van der Waals surface area contributed by atoms with Crippen molar-refractivity contribution in [1.82, 2.24) is 0 Å². The summed E-state index contributed by atoms with van der Waals surface area (Å²) in [6.07, 6.45) is 7.92. The van der Waals surface area contributed by atoms with Crippen molar-refractivity contribution in [2.24, 2.45) is 11.5 Å². The molecule has 2 rings (SSSR count). The SMILES string of the molecule is NC1CCC(OS(=O)C2CCC(N)CC2)CC1. The molecule has 0 heterocycles. The van der Waals surface area contributed by atoms with Gasteiger partial charge in [-0.2, -0.15) is 0 Å². The van der Waals surface area contributed by atoms with Crippen molar-refractivity contribution in [2.45, 2.75) is 74.8 Å². The van der Waals surface area contributed by atoms with Crippen LogP contribution in [0, 0.1) is 0 Å². The van der Waals surface area contributed by atoms with Crippen molar-refractivity contribution in [3.8, 4) is 0 Å². The number of hydrogen-bond acceptors (Lipinski definition) is 4. The van der Waals surface area contributed by atoms with Gasteiger partial charge in [-0.3, -0.25) is 4.18 Å². The molecule has 5 heteroatoms. The fourth-order valence-corrected chi connectivity index (χ4v) is 3.95. The summed E-state index contributed by atoms with van der Waals surface area (Å²) < 4.78 is 17.8. The smallest absolute Gasteiger partial charge is 0.158 e. The second-order valence-corrected chi connectivity index (χ2v) is 6.81. The lowest BCUT2D eigenvalue weighted by molar-refractivity contribution is 0.161. The van der Waals surface area contributed by atoms with Gasteiger partial charge in [0, 0.05) is 12.1 Å². The third-order valence-electron chi connectivity index (χ3n) is 3.94. The summed E-state index contributed by atoms with van der Waals surface area (Å²) >= 11 is -1.13. The van der Waals surface area contributed by atoms with E-state index in [1.165, 1.54) is 0 Å². The Morgan fingerprint density at radius 3 is 1.82 bits per heavy atom. The Labute approximate surface area is 106 Å². The van der Waals surface area contributed by atoms with E-state index < -0.39 is 11.1 Å². The maximum Gasteiger partial charge on any atom is 0.158 e. The highest BCUT2D eigenvalue weighted by Crippen LogP contribution is 2.26. The van der Waals surface area contributed by atoms with Crippen LogP contribution >= 0.6 is 0 Å².